The van der Waals surface area contributed by atoms with Crippen LogP contribution in [0.2, 0.25) is 0 Å². The predicted octanol–water partition coefficient (Wildman–Crippen LogP) is 5.13. The van der Waals surface area contributed by atoms with Crippen LogP contribution in [0.1, 0.15) is 18.1 Å². The van der Waals surface area contributed by atoms with Crippen LogP contribution < -0.4 is 10.6 Å². The van der Waals surface area contributed by atoms with Gasteiger partial charge in [-0.15, -0.1) is 0 Å². The van der Waals surface area contributed by atoms with Crippen LogP contribution in [0.4, 0.5) is 9.93 Å². The van der Waals surface area contributed by atoms with E-state index in [9.17, 15) is 4.79 Å². The van der Waals surface area contributed by atoms with Crippen LogP contribution in [-0.4, -0.2) is 27.5 Å². The summed E-state index contributed by atoms with van der Waals surface area (Å²) in [5.74, 6) is 0. The van der Waals surface area contributed by atoms with Crippen molar-refractivity contribution in [3.05, 3.63) is 66.1 Å². The third-order valence-electron chi connectivity index (χ3n) is 5.01. The zero-order chi connectivity index (χ0) is 20.5. The highest BCUT2D eigenvalue weighted by Crippen LogP contribution is 2.40. The van der Waals surface area contributed by atoms with Gasteiger partial charge < -0.3 is 5.32 Å². The second kappa shape index (κ2) is 7.68. The number of carbonyl (C=O) groups excluding carboxylic acids is 1. The molecule has 0 atom stereocenters. The Morgan fingerprint density at radius 1 is 1.20 bits per heavy atom. The Labute approximate surface area is 177 Å². The number of thiazole rings is 1. The Morgan fingerprint density at radius 2 is 2.13 bits per heavy atom. The molecule has 0 saturated heterocycles. The third kappa shape index (κ3) is 3.33. The first kappa shape index (κ1) is 18.4. The van der Waals surface area contributed by atoms with Crippen molar-refractivity contribution in [3.8, 4) is 22.4 Å². The molecule has 2 amide bonds. The van der Waals surface area contributed by atoms with E-state index in [1.54, 1.807) is 6.20 Å². The van der Waals surface area contributed by atoms with Crippen LogP contribution in [-0.2, 0) is 6.42 Å². The van der Waals surface area contributed by atoms with E-state index in [0.29, 0.717) is 11.7 Å². The summed E-state index contributed by atoms with van der Waals surface area (Å²) in [5.41, 5.74) is 7.26. The molecule has 7 heteroatoms. The van der Waals surface area contributed by atoms with E-state index < -0.39 is 0 Å². The molecular formula is C23H19N5OS. The third-order valence-corrected chi connectivity index (χ3v) is 6.03. The maximum Gasteiger partial charge on any atom is 0.321 e. The number of hydrogen-bond donors (Lipinski definition) is 2. The number of rotatable bonds is 4. The van der Waals surface area contributed by atoms with E-state index in [0.717, 1.165) is 39.0 Å². The molecule has 1 aliphatic carbocycles. The number of anilines is 1. The van der Waals surface area contributed by atoms with Gasteiger partial charge in [0.2, 0.25) is 0 Å². The van der Waals surface area contributed by atoms with Crippen LogP contribution in [0.3, 0.4) is 0 Å². The first-order chi connectivity index (χ1) is 14.7. The summed E-state index contributed by atoms with van der Waals surface area (Å²) in [6.07, 6.45) is 10.6. The summed E-state index contributed by atoms with van der Waals surface area (Å²) < 4.78 is 1.00. The number of allylic oxidation sites excluding steroid dienone is 1. The van der Waals surface area contributed by atoms with Gasteiger partial charge in [-0.05, 0) is 54.3 Å². The van der Waals surface area contributed by atoms with Crippen molar-refractivity contribution in [1.29, 1.82) is 0 Å². The van der Waals surface area contributed by atoms with Crippen LogP contribution in [0.15, 0.2) is 55.0 Å². The van der Waals surface area contributed by atoms with Crippen molar-refractivity contribution >= 4 is 38.8 Å². The topological polar surface area (TPSA) is 79.8 Å². The molecule has 0 fully saturated rings. The molecule has 5 rings (SSSR count). The highest BCUT2D eigenvalue weighted by Gasteiger charge is 2.19. The Hall–Kier alpha value is -3.58. The minimum atomic E-state index is -0.256. The summed E-state index contributed by atoms with van der Waals surface area (Å²) in [6, 6.07) is 9.92. The van der Waals surface area contributed by atoms with Gasteiger partial charge in [0.25, 0.3) is 0 Å². The minimum absolute atomic E-state index is 0.256. The lowest BCUT2D eigenvalue weighted by Crippen LogP contribution is -2.28. The number of hydrogen-bond acceptors (Lipinski definition) is 5. The van der Waals surface area contributed by atoms with E-state index in [2.05, 4.69) is 38.8 Å². The predicted molar refractivity (Wildman–Crippen MR) is 122 cm³/mol. The Morgan fingerprint density at radius 3 is 2.97 bits per heavy atom. The molecule has 0 bridgehead atoms. The fourth-order valence-corrected chi connectivity index (χ4v) is 4.63. The number of aromatic nitrogens is 3. The highest BCUT2D eigenvalue weighted by atomic mass is 32.1. The highest BCUT2D eigenvalue weighted by molar-refractivity contribution is 7.22. The van der Waals surface area contributed by atoms with Crippen molar-refractivity contribution in [1.82, 2.24) is 20.3 Å². The van der Waals surface area contributed by atoms with Gasteiger partial charge in [0.15, 0.2) is 5.13 Å². The molecule has 3 heterocycles. The van der Waals surface area contributed by atoms with Gasteiger partial charge in [-0.2, -0.15) is 0 Å². The molecule has 0 unspecified atom stereocenters. The van der Waals surface area contributed by atoms with E-state index in [-0.39, 0.29) is 6.03 Å². The largest absolute Gasteiger partial charge is 0.338 e. The fraction of sp³-hybridized carbons (Fsp3) is 0.130. The lowest BCUT2D eigenvalue weighted by Gasteiger charge is -2.10. The standard InChI is InChI=1S/C23H19N5OS/c1-2-25-22(29)28-23-27-19-12-16(15-6-4-9-24-13-15)11-18(21(19)30-23)20-17-7-3-5-14(17)8-10-26-20/h3-6,8-13H,2,7H2,1H3,(H2,25,27,28,29). The number of pyridine rings is 2. The number of benzene rings is 1. The number of amides is 2. The molecule has 0 spiro atoms. The lowest BCUT2D eigenvalue weighted by atomic mass is 9.98. The molecule has 0 saturated carbocycles. The van der Waals surface area contributed by atoms with Crippen LogP contribution in [0.5, 0.6) is 0 Å². The van der Waals surface area contributed by atoms with E-state index in [1.165, 1.54) is 22.5 Å². The Kier molecular flexibility index (Phi) is 4.72. The lowest BCUT2D eigenvalue weighted by molar-refractivity contribution is 0.252. The van der Waals surface area contributed by atoms with Crippen LogP contribution in [0.25, 0.3) is 38.7 Å². The molecular weight excluding hydrogens is 394 g/mol. The number of fused-ring (bicyclic) bond motifs is 2. The number of nitrogens with zero attached hydrogens (tertiary/aromatic N) is 3. The number of nitrogens with one attached hydrogen (secondary N) is 2. The summed E-state index contributed by atoms with van der Waals surface area (Å²) >= 11 is 1.46. The summed E-state index contributed by atoms with van der Waals surface area (Å²) in [4.78, 5) is 25.7. The van der Waals surface area contributed by atoms with Crippen molar-refractivity contribution in [2.24, 2.45) is 0 Å². The van der Waals surface area contributed by atoms with Gasteiger partial charge in [-0.1, -0.05) is 29.6 Å². The summed E-state index contributed by atoms with van der Waals surface area (Å²) in [6.45, 7) is 2.44. The smallest absolute Gasteiger partial charge is 0.321 e. The summed E-state index contributed by atoms with van der Waals surface area (Å²) in [5, 5.41) is 6.14. The maximum atomic E-state index is 12.0. The molecule has 2 N–H and O–H groups in total. The van der Waals surface area contributed by atoms with Crippen LogP contribution >= 0.6 is 11.3 Å². The van der Waals surface area contributed by atoms with Crippen molar-refractivity contribution in [2.45, 2.75) is 13.3 Å². The van der Waals surface area contributed by atoms with Gasteiger partial charge in [0, 0.05) is 36.3 Å². The van der Waals surface area contributed by atoms with Gasteiger partial charge in [-0.25, -0.2) is 9.78 Å². The summed E-state index contributed by atoms with van der Waals surface area (Å²) in [7, 11) is 0. The molecule has 4 aromatic rings. The molecule has 30 heavy (non-hydrogen) atoms. The normalized spacial score (nSPS) is 12.2. The zero-order valence-corrected chi connectivity index (χ0v) is 17.2. The van der Waals surface area contributed by atoms with Gasteiger partial charge >= 0.3 is 6.03 Å². The molecule has 148 valence electrons. The molecule has 0 radical (unpaired) electrons. The molecule has 6 nitrogen and oxygen atoms in total. The molecule has 3 aromatic heterocycles. The second-order valence-corrected chi connectivity index (χ2v) is 7.95. The van der Waals surface area contributed by atoms with E-state index in [4.69, 9.17) is 4.98 Å². The Balaban J connectivity index is 1.70. The number of carbonyl (C=O) groups is 1. The van der Waals surface area contributed by atoms with Crippen molar-refractivity contribution in [2.75, 3.05) is 11.9 Å². The van der Waals surface area contributed by atoms with Crippen molar-refractivity contribution < 1.29 is 4.79 Å². The van der Waals surface area contributed by atoms with Gasteiger partial charge in [0.05, 0.1) is 15.9 Å². The monoisotopic (exact) mass is 413 g/mol. The van der Waals surface area contributed by atoms with Crippen LogP contribution in [0, 0.1) is 0 Å². The fourth-order valence-electron chi connectivity index (χ4n) is 3.68. The maximum absolute atomic E-state index is 12.0. The number of urea groups is 1. The quantitative estimate of drug-likeness (QED) is 0.486. The molecule has 0 aliphatic heterocycles. The first-order valence-corrected chi connectivity index (χ1v) is 10.6. The zero-order valence-electron chi connectivity index (χ0n) is 16.3. The molecule has 1 aliphatic rings. The average Bonchev–Trinajstić information content (AvgIpc) is 3.40. The Bertz CT molecular complexity index is 1280. The average molecular weight is 414 g/mol. The molecule has 1 aromatic carbocycles. The van der Waals surface area contributed by atoms with Gasteiger partial charge in [-0.3, -0.25) is 15.3 Å². The van der Waals surface area contributed by atoms with E-state index in [1.807, 2.05) is 43.6 Å². The SMILES string of the molecule is CCNC(=O)Nc1nc2cc(-c3cccnc3)cc(-c3nccc4c3CC=C4)c2s1. The van der Waals surface area contributed by atoms with Gasteiger partial charge in [0.1, 0.15) is 0 Å². The second-order valence-electron chi connectivity index (χ2n) is 6.95. The first-order valence-electron chi connectivity index (χ1n) is 9.77. The minimum Gasteiger partial charge on any atom is -0.338 e. The van der Waals surface area contributed by atoms with Crippen molar-refractivity contribution in [3.63, 3.8) is 0 Å². The van der Waals surface area contributed by atoms with E-state index >= 15 is 0 Å².